The van der Waals surface area contributed by atoms with Crippen LogP contribution in [-0.4, -0.2) is 78.4 Å². The Morgan fingerprint density at radius 1 is 1.31 bits per heavy atom. The van der Waals surface area contributed by atoms with E-state index in [2.05, 4.69) is 6.58 Å². The Morgan fingerprint density at radius 2 is 2.03 bits per heavy atom. The van der Waals surface area contributed by atoms with Crippen molar-refractivity contribution in [2.75, 3.05) is 38.3 Å². The molecule has 3 aliphatic heterocycles. The van der Waals surface area contributed by atoms with Gasteiger partial charge >= 0.3 is 5.97 Å². The Bertz CT molecular complexity index is 996. The van der Waals surface area contributed by atoms with E-state index in [1.165, 1.54) is 4.90 Å². The number of nitrogens with zero attached hydrogens (tertiary/aromatic N) is 2. The van der Waals surface area contributed by atoms with Crippen molar-refractivity contribution < 1.29 is 33.7 Å². The monoisotopic (exact) mass is 486 g/mol. The average molecular weight is 487 g/mol. The number of fused-ring (bicyclic) bond motifs is 1. The maximum absolute atomic E-state index is 14.2. The average Bonchev–Trinajstić information content (AvgIpc) is 3.41. The van der Waals surface area contributed by atoms with Gasteiger partial charge in [0.1, 0.15) is 23.3 Å². The van der Waals surface area contributed by atoms with Crippen LogP contribution in [0.3, 0.4) is 0 Å². The number of anilines is 1. The third-order valence-corrected chi connectivity index (χ3v) is 7.57. The number of carbonyl (C=O) groups is 3. The predicted molar refractivity (Wildman–Crippen MR) is 128 cm³/mol. The molecule has 35 heavy (non-hydrogen) atoms. The van der Waals surface area contributed by atoms with Crippen LogP contribution in [0.1, 0.15) is 33.1 Å². The van der Waals surface area contributed by atoms with Crippen molar-refractivity contribution in [3.8, 4) is 5.75 Å². The smallest absolute Gasteiger partial charge is 0.312 e. The molecule has 190 valence electrons. The SMILES string of the molecule is C=CCN(C(=O)C1N(CCCO)C(=O)[C@@H]2[C@@H](C(=O)OCC)[C@@]3(C)CCC12O3)c1ccc(OC)cc1. The first kappa shape index (κ1) is 25.2. The Labute approximate surface area is 205 Å². The molecule has 0 saturated carbocycles. The van der Waals surface area contributed by atoms with Crippen molar-refractivity contribution in [2.45, 2.75) is 50.4 Å². The molecule has 0 aliphatic carbocycles. The fourth-order valence-electron chi connectivity index (χ4n) is 6.14. The predicted octanol–water partition coefficient (Wildman–Crippen LogP) is 1.92. The van der Waals surface area contributed by atoms with Crippen molar-refractivity contribution in [1.82, 2.24) is 4.90 Å². The number of hydrogen-bond acceptors (Lipinski definition) is 7. The maximum Gasteiger partial charge on any atom is 0.312 e. The summed E-state index contributed by atoms with van der Waals surface area (Å²) in [6, 6.07) is 6.15. The summed E-state index contributed by atoms with van der Waals surface area (Å²) in [6.07, 6.45) is 2.96. The minimum atomic E-state index is -1.14. The quantitative estimate of drug-likeness (QED) is 0.398. The molecule has 9 heteroatoms. The number of carbonyl (C=O) groups excluding carboxylic acids is 3. The number of benzene rings is 1. The molecule has 1 spiro atoms. The molecule has 5 atom stereocenters. The summed E-state index contributed by atoms with van der Waals surface area (Å²) in [6.45, 7) is 7.84. The molecule has 2 unspecified atom stereocenters. The Kier molecular flexibility index (Phi) is 6.92. The van der Waals surface area contributed by atoms with Gasteiger partial charge in [-0.05, 0) is 57.4 Å². The highest BCUT2D eigenvalue weighted by atomic mass is 16.6. The summed E-state index contributed by atoms with van der Waals surface area (Å²) in [4.78, 5) is 44.1. The fourth-order valence-corrected chi connectivity index (χ4v) is 6.14. The van der Waals surface area contributed by atoms with Crippen molar-refractivity contribution in [2.24, 2.45) is 11.8 Å². The number of rotatable bonds is 10. The molecule has 3 aliphatic rings. The number of amides is 2. The summed E-state index contributed by atoms with van der Waals surface area (Å²) in [5.41, 5.74) is -1.38. The zero-order valence-corrected chi connectivity index (χ0v) is 20.6. The lowest BCUT2D eigenvalue weighted by atomic mass is 9.66. The van der Waals surface area contributed by atoms with Crippen molar-refractivity contribution in [3.05, 3.63) is 36.9 Å². The van der Waals surface area contributed by atoms with E-state index in [4.69, 9.17) is 14.2 Å². The van der Waals surface area contributed by atoms with Crippen molar-refractivity contribution in [1.29, 1.82) is 0 Å². The molecule has 3 fully saturated rings. The summed E-state index contributed by atoms with van der Waals surface area (Å²) < 4.78 is 17.1. The molecule has 1 aromatic carbocycles. The highest BCUT2D eigenvalue weighted by Crippen LogP contribution is 2.63. The van der Waals surface area contributed by atoms with Gasteiger partial charge in [0, 0.05) is 25.4 Å². The number of hydrogen-bond donors (Lipinski definition) is 1. The van der Waals surface area contributed by atoms with E-state index in [-0.39, 0.29) is 38.1 Å². The third-order valence-electron chi connectivity index (χ3n) is 7.57. The number of aliphatic hydroxyl groups is 1. The molecule has 0 aromatic heterocycles. The standard InChI is InChI=1S/C26H34N2O7/c1-5-14-27(17-8-10-18(33-4)11-9-17)23(31)21-26-13-12-25(3,35-26)20(24(32)34-6-2)19(26)22(30)28(21)15-7-16-29/h5,8-11,19-21,29H,1,6-7,12-16H2,2-4H3/t19-,20-,21?,25+,26?/m0/s1. The van der Waals surface area contributed by atoms with Crippen LogP contribution in [0, 0.1) is 11.8 Å². The van der Waals surface area contributed by atoms with Crippen LogP contribution in [0.4, 0.5) is 5.69 Å². The number of esters is 1. The van der Waals surface area contributed by atoms with Crippen LogP contribution >= 0.6 is 0 Å². The molecular weight excluding hydrogens is 452 g/mol. The van der Waals surface area contributed by atoms with E-state index in [1.54, 1.807) is 49.3 Å². The van der Waals surface area contributed by atoms with Gasteiger partial charge in [0.05, 0.1) is 25.2 Å². The number of methoxy groups -OCH3 is 1. The molecule has 3 saturated heterocycles. The van der Waals surface area contributed by atoms with Gasteiger partial charge in [0.25, 0.3) is 5.91 Å². The minimum Gasteiger partial charge on any atom is -0.497 e. The molecule has 2 amide bonds. The van der Waals surface area contributed by atoms with Crippen LogP contribution in [0.25, 0.3) is 0 Å². The normalized spacial score (nSPS) is 30.8. The molecule has 1 aromatic rings. The van der Waals surface area contributed by atoms with Gasteiger partial charge in [0.15, 0.2) is 0 Å². The van der Waals surface area contributed by atoms with Gasteiger partial charge in [-0.3, -0.25) is 14.4 Å². The van der Waals surface area contributed by atoms with Crippen molar-refractivity contribution >= 4 is 23.5 Å². The summed E-state index contributed by atoms with van der Waals surface area (Å²) in [5.74, 6) is -2.02. The molecule has 2 bridgehead atoms. The molecule has 1 N–H and O–H groups in total. The van der Waals surface area contributed by atoms with Crippen LogP contribution in [0.2, 0.25) is 0 Å². The lowest BCUT2D eigenvalue weighted by molar-refractivity contribution is -0.159. The van der Waals surface area contributed by atoms with Crippen LogP contribution in [-0.2, 0) is 23.9 Å². The Morgan fingerprint density at radius 3 is 2.63 bits per heavy atom. The Balaban J connectivity index is 1.77. The highest BCUT2D eigenvalue weighted by Gasteiger charge is 2.78. The number of aliphatic hydroxyl groups excluding tert-OH is 1. The van der Waals surface area contributed by atoms with Crippen LogP contribution < -0.4 is 9.64 Å². The molecular formula is C26H34N2O7. The van der Waals surface area contributed by atoms with Crippen molar-refractivity contribution in [3.63, 3.8) is 0 Å². The summed E-state index contributed by atoms with van der Waals surface area (Å²) >= 11 is 0. The van der Waals surface area contributed by atoms with Gasteiger partial charge in [-0.2, -0.15) is 0 Å². The van der Waals surface area contributed by atoms with E-state index < -0.39 is 35.0 Å². The topological polar surface area (TPSA) is 106 Å². The van der Waals surface area contributed by atoms with E-state index in [0.29, 0.717) is 30.7 Å². The second kappa shape index (κ2) is 9.62. The fraction of sp³-hybridized carbons (Fsp3) is 0.577. The van der Waals surface area contributed by atoms with Crippen LogP contribution in [0.5, 0.6) is 5.75 Å². The van der Waals surface area contributed by atoms with Gasteiger partial charge < -0.3 is 29.1 Å². The van der Waals surface area contributed by atoms with E-state index in [9.17, 15) is 19.5 Å². The number of ether oxygens (including phenoxy) is 3. The highest BCUT2D eigenvalue weighted by molar-refractivity contribution is 6.04. The second-order valence-electron chi connectivity index (χ2n) is 9.52. The van der Waals surface area contributed by atoms with E-state index in [0.717, 1.165) is 0 Å². The van der Waals surface area contributed by atoms with Gasteiger partial charge in [-0.15, -0.1) is 6.58 Å². The number of likely N-dealkylation sites (tertiary alicyclic amines) is 1. The largest absolute Gasteiger partial charge is 0.497 e. The first-order chi connectivity index (χ1) is 16.8. The summed E-state index contributed by atoms with van der Waals surface area (Å²) in [5, 5.41) is 9.48. The lowest BCUT2D eigenvalue weighted by Crippen LogP contribution is -2.56. The maximum atomic E-state index is 14.2. The zero-order chi connectivity index (χ0) is 25.4. The molecule has 3 heterocycles. The molecule has 9 nitrogen and oxygen atoms in total. The summed E-state index contributed by atoms with van der Waals surface area (Å²) in [7, 11) is 1.57. The van der Waals surface area contributed by atoms with E-state index >= 15 is 0 Å². The first-order valence-corrected chi connectivity index (χ1v) is 12.1. The minimum absolute atomic E-state index is 0.128. The van der Waals surface area contributed by atoms with Gasteiger partial charge in [-0.1, -0.05) is 6.08 Å². The van der Waals surface area contributed by atoms with E-state index in [1.807, 2.05) is 6.92 Å². The van der Waals surface area contributed by atoms with Gasteiger partial charge in [-0.25, -0.2) is 0 Å². The molecule has 4 rings (SSSR count). The lowest BCUT2D eigenvalue weighted by Gasteiger charge is -2.36. The molecule has 0 radical (unpaired) electrons. The first-order valence-electron chi connectivity index (χ1n) is 12.1. The third kappa shape index (κ3) is 3.90. The zero-order valence-electron chi connectivity index (χ0n) is 20.6. The van der Waals surface area contributed by atoms with Gasteiger partial charge in [0.2, 0.25) is 5.91 Å². The Hall–Kier alpha value is -2.91. The van der Waals surface area contributed by atoms with Crippen LogP contribution in [0.15, 0.2) is 36.9 Å². The second-order valence-corrected chi connectivity index (χ2v) is 9.52.